The standard InChI is InChI=1S/C18H26N6O/c1-23(2)17-9-16(20-12-21-17)22-14-5-7-24(8-6-14)11-18-19-10-15(25-18)13-3-4-13/h9-10,12-14H,3-8,11H2,1-2H3,(H,20,21,22). The monoisotopic (exact) mass is 342 g/mol. The summed E-state index contributed by atoms with van der Waals surface area (Å²) in [5, 5.41) is 3.54. The van der Waals surface area contributed by atoms with Gasteiger partial charge in [-0.05, 0) is 25.7 Å². The molecule has 2 aromatic heterocycles. The highest BCUT2D eigenvalue weighted by atomic mass is 16.4. The molecule has 4 rings (SSSR count). The lowest BCUT2D eigenvalue weighted by Gasteiger charge is -2.31. The van der Waals surface area contributed by atoms with Crippen molar-refractivity contribution in [3.05, 3.63) is 30.2 Å². The van der Waals surface area contributed by atoms with E-state index in [2.05, 4.69) is 25.2 Å². The van der Waals surface area contributed by atoms with Gasteiger partial charge in [0.15, 0.2) is 0 Å². The molecule has 3 heterocycles. The van der Waals surface area contributed by atoms with Crippen molar-refractivity contribution in [1.82, 2.24) is 19.9 Å². The maximum absolute atomic E-state index is 5.88. The minimum Gasteiger partial charge on any atom is -0.444 e. The Labute approximate surface area is 148 Å². The fourth-order valence-corrected chi connectivity index (χ4v) is 3.26. The SMILES string of the molecule is CN(C)c1cc(NC2CCN(Cc3ncc(C4CC4)o3)CC2)ncn1. The highest BCUT2D eigenvalue weighted by Gasteiger charge is 2.28. The fourth-order valence-electron chi connectivity index (χ4n) is 3.26. The van der Waals surface area contributed by atoms with Crippen LogP contribution in [0.5, 0.6) is 0 Å². The second kappa shape index (κ2) is 7.00. The molecule has 1 saturated heterocycles. The van der Waals surface area contributed by atoms with Crippen LogP contribution in [0.1, 0.15) is 43.3 Å². The average Bonchev–Trinajstić information content (AvgIpc) is 3.37. The van der Waals surface area contributed by atoms with E-state index in [0.29, 0.717) is 12.0 Å². The van der Waals surface area contributed by atoms with Gasteiger partial charge in [0, 0.05) is 45.2 Å². The number of hydrogen-bond donors (Lipinski definition) is 1. The van der Waals surface area contributed by atoms with E-state index in [-0.39, 0.29) is 0 Å². The van der Waals surface area contributed by atoms with Crippen molar-refractivity contribution in [2.75, 3.05) is 37.4 Å². The van der Waals surface area contributed by atoms with Crippen LogP contribution in [-0.2, 0) is 6.54 Å². The van der Waals surface area contributed by atoms with E-state index in [1.165, 1.54) is 12.8 Å². The summed E-state index contributed by atoms with van der Waals surface area (Å²) in [5.74, 6) is 4.40. The number of rotatable bonds is 6. The highest BCUT2D eigenvalue weighted by molar-refractivity contribution is 5.47. The molecule has 0 aromatic carbocycles. The van der Waals surface area contributed by atoms with Crippen molar-refractivity contribution in [3.63, 3.8) is 0 Å². The van der Waals surface area contributed by atoms with Gasteiger partial charge in [-0.25, -0.2) is 15.0 Å². The number of nitrogens with one attached hydrogen (secondary N) is 1. The molecule has 0 bridgehead atoms. The van der Waals surface area contributed by atoms with Gasteiger partial charge in [0.05, 0.1) is 12.7 Å². The molecule has 0 spiro atoms. The van der Waals surface area contributed by atoms with Crippen molar-refractivity contribution >= 4 is 11.6 Å². The van der Waals surface area contributed by atoms with Gasteiger partial charge in [-0.3, -0.25) is 4.90 Å². The zero-order chi connectivity index (χ0) is 17.2. The number of piperidine rings is 1. The molecule has 1 saturated carbocycles. The minimum atomic E-state index is 0.452. The molecule has 1 aliphatic carbocycles. The van der Waals surface area contributed by atoms with E-state index < -0.39 is 0 Å². The van der Waals surface area contributed by atoms with Crippen LogP contribution in [0.4, 0.5) is 11.6 Å². The van der Waals surface area contributed by atoms with Crippen LogP contribution in [0, 0.1) is 0 Å². The van der Waals surface area contributed by atoms with E-state index >= 15 is 0 Å². The number of oxazole rings is 1. The lowest BCUT2D eigenvalue weighted by Crippen LogP contribution is -2.38. The first kappa shape index (κ1) is 16.3. The summed E-state index contributed by atoms with van der Waals surface area (Å²) in [4.78, 5) is 17.4. The molecule has 7 heteroatoms. The molecular formula is C18H26N6O. The summed E-state index contributed by atoms with van der Waals surface area (Å²) < 4.78 is 5.88. The molecule has 7 nitrogen and oxygen atoms in total. The van der Waals surface area contributed by atoms with Crippen LogP contribution in [0.2, 0.25) is 0 Å². The van der Waals surface area contributed by atoms with Crippen LogP contribution >= 0.6 is 0 Å². The zero-order valence-electron chi connectivity index (χ0n) is 15.0. The van der Waals surface area contributed by atoms with Crippen molar-refractivity contribution in [1.29, 1.82) is 0 Å². The first-order valence-corrected chi connectivity index (χ1v) is 9.10. The topological polar surface area (TPSA) is 70.3 Å². The maximum Gasteiger partial charge on any atom is 0.208 e. The molecule has 0 radical (unpaired) electrons. The van der Waals surface area contributed by atoms with Gasteiger partial charge in [0.1, 0.15) is 23.7 Å². The van der Waals surface area contributed by atoms with Gasteiger partial charge in [-0.1, -0.05) is 0 Å². The van der Waals surface area contributed by atoms with Gasteiger partial charge >= 0.3 is 0 Å². The Balaban J connectivity index is 1.27. The smallest absolute Gasteiger partial charge is 0.208 e. The molecule has 25 heavy (non-hydrogen) atoms. The van der Waals surface area contributed by atoms with E-state index in [1.807, 2.05) is 31.3 Å². The lowest BCUT2D eigenvalue weighted by molar-refractivity contribution is 0.192. The molecule has 2 fully saturated rings. The van der Waals surface area contributed by atoms with Crippen LogP contribution < -0.4 is 10.2 Å². The van der Waals surface area contributed by atoms with Gasteiger partial charge < -0.3 is 14.6 Å². The number of anilines is 2. The van der Waals surface area contributed by atoms with Gasteiger partial charge in [0.25, 0.3) is 0 Å². The Morgan fingerprint density at radius 1 is 1.16 bits per heavy atom. The molecule has 1 N–H and O–H groups in total. The summed E-state index contributed by atoms with van der Waals surface area (Å²) in [7, 11) is 3.98. The summed E-state index contributed by atoms with van der Waals surface area (Å²) in [5.41, 5.74) is 0. The minimum absolute atomic E-state index is 0.452. The average molecular weight is 342 g/mol. The second-order valence-electron chi connectivity index (χ2n) is 7.28. The maximum atomic E-state index is 5.88. The van der Waals surface area contributed by atoms with Gasteiger partial charge in [-0.2, -0.15) is 0 Å². The molecule has 0 amide bonds. The summed E-state index contributed by atoms with van der Waals surface area (Å²) >= 11 is 0. The lowest BCUT2D eigenvalue weighted by atomic mass is 10.1. The summed E-state index contributed by atoms with van der Waals surface area (Å²) in [6.45, 7) is 2.91. The molecular weight excluding hydrogens is 316 g/mol. The van der Waals surface area contributed by atoms with Crippen molar-refractivity contribution in [2.45, 2.75) is 44.2 Å². The predicted molar refractivity (Wildman–Crippen MR) is 96.8 cm³/mol. The van der Waals surface area contributed by atoms with Crippen LogP contribution in [-0.4, -0.2) is 53.1 Å². The van der Waals surface area contributed by atoms with E-state index in [1.54, 1.807) is 6.33 Å². The van der Waals surface area contributed by atoms with Crippen molar-refractivity contribution < 1.29 is 4.42 Å². The molecule has 134 valence electrons. The molecule has 2 aromatic rings. The quantitative estimate of drug-likeness (QED) is 0.865. The first-order chi connectivity index (χ1) is 12.2. The van der Waals surface area contributed by atoms with Crippen LogP contribution in [0.15, 0.2) is 23.0 Å². The third-order valence-electron chi connectivity index (χ3n) is 4.96. The Bertz CT molecular complexity index is 703. The van der Waals surface area contributed by atoms with E-state index in [9.17, 15) is 0 Å². The molecule has 1 aliphatic heterocycles. The fraction of sp³-hybridized carbons (Fsp3) is 0.611. The van der Waals surface area contributed by atoms with E-state index in [4.69, 9.17) is 4.42 Å². The third-order valence-corrected chi connectivity index (χ3v) is 4.96. The first-order valence-electron chi connectivity index (χ1n) is 9.10. The normalized spacial score (nSPS) is 19.1. The number of likely N-dealkylation sites (tertiary alicyclic amines) is 1. The van der Waals surface area contributed by atoms with Crippen LogP contribution in [0.3, 0.4) is 0 Å². The Morgan fingerprint density at radius 2 is 1.96 bits per heavy atom. The molecule has 0 unspecified atom stereocenters. The Kier molecular flexibility index (Phi) is 4.57. The number of hydrogen-bond acceptors (Lipinski definition) is 7. The van der Waals surface area contributed by atoms with Crippen molar-refractivity contribution in [3.8, 4) is 0 Å². The third kappa shape index (κ3) is 4.10. The molecule has 2 aliphatic rings. The van der Waals surface area contributed by atoms with Gasteiger partial charge in [-0.15, -0.1) is 0 Å². The molecule has 0 atom stereocenters. The number of aromatic nitrogens is 3. The second-order valence-corrected chi connectivity index (χ2v) is 7.28. The summed E-state index contributed by atoms with van der Waals surface area (Å²) in [6, 6.07) is 2.45. The Morgan fingerprint density at radius 3 is 2.68 bits per heavy atom. The van der Waals surface area contributed by atoms with Gasteiger partial charge in [0.2, 0.25) is 5.89 Å². The zero-order valence-corrected chi connectivity index (χ0v) is 15.0. The van der Waals surface area contributed by atoms with Crippen molar-refractivity contribution in [2.24, 2.45) is 0 Å². The predicted octanol–water partition coefficient (Wildman–Crippen LogP) is 2.48. The largest absolute Gasteiger partial charge is 0.444 e. The van der Waals surface area contributed by atoms with Crippen LogP contribution in [0.25, 0.3) is 0 Å². The van der Waals surface area contributed by atoms with E-state index in [0.717, 1.165) is 55.8 Å². The summed E-state index contributed by atoms with van der Waals surface area (Å²) in [6.07, 6.45) is 8.23. The number of nitrogens with zero attached hydrogens (tertiary/aromatic N) is 5. The highest BCUT2D eigenvalue weighted by Crippen LogP contribution is 2.40. The Hall–Kier alpha value is -2.15.